The Kier molecular flexibility index (Phi) is 7.92. The van der Waals surface area contributed by atoms with Crippen molar-refractivity contribution in [3.8, 4) is 5.75 Å². The zero-order valence-corrected chi connectivity index (χ0v) is 19.5. The molecule has 13 heteroatoms. The van der Waals surface area contributed by atoms with Gasteiger partial charge in [0.15, 0.2) is 18.0 Å². The van der Waals surface area contributed by atoms with E-state index in [-0.39, 0.29) is 36.1 Å². The van der Waals surface area contributed by atoms with Crippen molar-refractivity contribution in [3.63, 3.8) is 0 Å². The number of rotatable bonds is 7. The lowest BCUT2D eigenvalue weighted by atomic mass is 9.95. The average Bonchev–Trinajstić information content (AvgIpc) is 3.16. The quantitative estimate of drug-likeness (QED) is 0.255. The number of benzene rings is 1. The number of methoxy groups -OCH3 is 1. The maximum Gasteiger partial charge on any atom is 0.514 e. The molecule has 0 unspecified atom stereocenters. The number of nitrogens with one attached hydrogen (secondary N) is 1. The molecule has 1 fully saturated rings. The summed E-state index contributed by atoms with van der Waals surface area (Å²) < 4.78 is 32.8. The second-order valence-corrected chi connectivity index (χ2v) is 8.24. The van der Waals surface area contributed by atoms with Gasteiger partial charge in [0, 0.05) is 19.1 Å². The van der Waals surface area contributed by atoms with Gasteiger partial charge in [-0.25, -0.2) is 9.59 Å². The molecule has 3 rings (SSSR count). The number of ether oxygens (including phenoxy) is 6. The molecular formula is C22H26N2O11. The number of carbonyl (C=O) groups is 3. The number of nitro groups is 1. The Labute approximate surface area is 200 Å². The summed E-state index contributed by atoms with van der Waals surface area (Å²) in [6.45, 7) is 4.68. The monoisotopic (exact) mass is 494 g/mol. The summed E-state index contributed by atoms with van der Waals surface area (Å²) in [4.78, 5) is 46.8. The van der Waals surface area contributed by atoms with Gasteiger partial charge in [0.2, 0.25) is 11.7 Å². The number of nitrogens with zero attached hydrogens (tertiary/aromatic N) is 1. The van der Waals surface area contributed by atoms with Gasteiger partial charge in [-0.1, -0.05) is 0 Å². The van der Waals surface area contributed by atoms with E-state index in [1.165, 1.54) is 44.4 Å². The van der Waals surface area contributed by atoms with Gasteiger partial charge in [-0.3, -0.25) is 14.9 Å². The third-order valence-electron chi connectivity index (χ3n) is 5.19. The number of hydrogen-bond acceptors (Lipinski definition) is 11. The van der Waals surface area contributed by atoms with E-state index in [0.29, 0.717) is 0 Å². The number of amides is 1. The SMILES string of the molecule is COC(=O)C1=CC[C@@H](NC(C)=O)[C@H]([C@H](OC(=O)Oc2ccc([N+](=O)[O-])cc2)[C@H]2COC(C)(C)O2)O1. The van der Waals surface area contributed by atoms with Crippen LogP contribution in [0.2, 0.25) is 0 Å². The van der Waals surface area contributed by atoms with Crippen LogP contribution in [0.3, 0.4) is 0 Å². The molecule has 2 aliphatic rings. The van der Waals surface area contributed by atoms with Crippen LogP contribution >= 0.6 is 0 Å². The molecule has 13 nitrogen and oxygen atoms in total. The van der Waals surface area contributed by atoms with E-state index < -0.39 is 47.2 Å². The predicted octanol–water partition coefficient (Wildman–Crippen LogP) is 1.98. The van der Waals surface area contributed by atoms with E-state index >= 15 is 0 Å². The van der Waals surface area contributed by atoms with Crippen LogP contribution in [0.5, 0.6) is 5.75 Å². The normalized spacial score (nSPS) is 23.8. The Bertz CT molecular complexity index is 1010. The molecule has 1 aromatic rings. The Balaban J connectivity index is 1.85. The smallest absolute Gasteiger partial charge is 0.477 e. The van der Waals surface area contributed by atoms with Crippen LogP contribution in [-0.2, 0) is 33.3 Å². The minimum Gasteiger partial charge on any atom is -0.477 e. The highest BCUT2D eigenvalue weighted by Gasteiger charge is 2.48. The van der Waals surface area contributed by atoms with Crippen LogP contribution in [0.15, 0.2) is 36.1 Å². The molecule has 0 aromatic heterocycles. The van der Waals surface area contributed by atoms with E-state index in [1.54, 1.807) is 13.8 Å². The van der Waals surface area contributed by atoms with Crippen molar-refractivity contribution in [1.82, 2.24) is 5.32 Å². The summed E-state index contributed by atoms with van der Waals surface area (Å²) in [6.07, 6.45) is -2.60. The van der Waals surface area contributed by atoms with Gasteiger partial charge in [-0.2, -0.15) is 0 Å². The van der Waals surface area contributed by atoms with Crippen molar-refractivity contribution in [3.05, 3.63) is 46.2 Å². The summed E-state index contributed by atoms with van der Waals surface area (Å²) in [5.41, 5.74) is -0.182. The van der Waals surface area contributed by atoms with Crippen LogP contribution in [0, 0.1) is 10.1 Å². The first-order valence-corrected chi connectivity index (χ1v) is 10.7. The highest BCUT2D eigenvalue weighted by molar-refractivity contribution is 5.86. The molecule has 1 N–H and O–H groups in total. The largest absolute Gasteiger partial charge is 0.514 e. The summed E-state index contributed by atoms with van der Waals surface area (Å²) >= 11 is 0. The van der Waals surface area contributed by atoms with Crippen LogP contribution in [0.1, 0.15) is 27.2 Å². The number of non-ortho nitro benzene ring substituents is 1. The van der Waals surface area contributed by atoms with Gasteiger partial charge < -0.3 is 33.7 Å². The van der Waals surface area contributed by atoms with Gasteiger partial charge >= 0.3 is 12.1 Å². The molecular weight excluding hydrogens is 468 g/mol. The second-order valence-electron chi connectivity index (χ2n) is 8.24. The topological polar surface area (TPSA) is 162 Å². The summed E-state index contributed by atoms with van der Waals surface area (Å²) in [6, 6.07) is 4.12. The van der Waals surface area contributed by atoms with Crippen LogP contribution in [-0.4, -0.2) is 66.8 Å². The Morgan fingerprint density at radius 1 is 1.23 bits per heavy atom. The van der Waals surface area contributed by atoms with E-state index in [2.05, 4.69) is 5.32 Å². The molecule has 0 spiro atoms. The summed E-state index contributed by atoms with van der Waals surface area (Å²) in [5.74, 6) is -2.22. The molecule has 0 aliphatic carbocycles. The summed E-state index contributed by atoms with van der Waals surface area (Å²) in [5, 5.41) is 13.5. The van der Waals surface area contributed by atoms with Crippen molar-refractivity contribution < 1.29 is 47.7 Å². The fourth-order valence-corrected chi connectivity index (χ4v) is 3.67. The van der Waals surface area contributed by atoms with Gasteiger partial charge in [-0.15, -0.1) is 0 Å². The van der Waals surface area contributed by atoms with Crippen LogP contribution in [0.4, 0.5) is 10.5 Å². The Morgan fingerprint density at radius 2 is 1.91 bits per heavy atom. The van der Waals surface area contributed by atoms with E-state index in [0.717, 1.165) is 0 Å². The molecule has 2 heterocycles. The molecule has 2 aliphatic heterocycles. The molecule has 0 radical (unpaired) electrons. The first kappa shape index (κ1) is 25.9. The fourth-order valence-electron chi connectivity index (χ4n) is 3.67. The van der Waals surface area contributed by atoms with Gasteiger partial charge in [0.1, 0.15) is 11.9 Å². The van der Waals surface area contributed by atoms with E-state index in [1.807, 2.05) is 0 Å². The minimum absolute atomic E-state index is 0.00129. The fraction of sp³-hybridized carbons (Fsp3) is 0.500. The maximum atomic E-state index is 12.7. The van der Waals surface area contributed by atoms with Gasteiger partial charge in [-0.05, 0) is 38.5 Å². The highest BCUT2D eigenvalue weighted by atomic mass is 16.8. The maximum absolute atomic E-state index is 12.7. The van der Waals surface area contributed by atoms with Crippen molar-refractivity contribution >= 4 is 23.7 Å². The zero-order chi connectivity index (χ0) is 25.8. The zero-order valence-electron chi connectivity index (χ0n) is 19.5. The van der Waals surface area contributed by atoms with E-state index in [4.69, 9.17) is 28.4 Å². The Hall–Kier alpha value is -3.71. The third kappa shape index (κ3) is 6.67. The third-order valence-corrected chi connectivity index (χ3v) is 5.19. The van der Waals surface area contributed by atoms with Crippen molar-refractivity contribution in [2.45, 2.75) is 57.3 Å². The molecule has 4 atom stereocenters. The molecule has 0 bridgehead atoms. The van der Waals surface area contributed by atoms with E-state index in [9.17, 15) is 24.5 Å². The predicted molar refractivity (Wildman–Crippen MR) is 116 cm³/mol. The van der Waals surface area contributed by atoms with Crippen LogP contribution in [0.25, 0.3) is 0 Å². The lowest BCUT2D eigenvalue weighted by Gasteiger charge is -2.37. The average molecular weight is 494 g/mol. The molecule has 1 saturated heterocycles. The molecule has 0 saturated carbocycles. The molecule has 35 heavy (non-hydrogen) atoms. The highest BCUT2D eigenvalue weighted by Crippen LogP contribution is 2.32. The second kappa shape index (κ2) is 10.7. The lowest BCUT2D eigenvalue weighted by Crippen LogP contribution is -2.56. The first-order chi connectivity index (χ1) is 16.5. The number of nitro benzene ring substituents is 1. The standard InChI is InChI=1S/C22H26N2O11/c1-12(25)23-15-9-10-16(20(26)30-4)33-18(15)19(17-11-31-22(2,3)35-17)34-21(27)32-14-7-5-13(6-8-14)24(28)29/h5-8,10,15,17-19H,9,11H2,1-4H3,(H,23,25)/t15-,17-,18-,19-/m1/s1. The number of carbonyl (C=O) groups excluding carboxylic acids is 3. The molecule has 1 amide bonds. The molecule has 190 valence electrons. The van der Waals surface area contributed by atoms with Gasteiger partial charge in [0.05, 0.1) is 24.7 Å². The summed E-state index contributed by atoms with van der Waals surface area (Å²) in [7, 11) is 1.19. The first-order valence-electron chi connectivity index (χ1n) is 10.7. The minimum atomic E-state index is -1.19. The van der Waals surface area contributed by atoms with Crippen molar-refractivity contribution in [2.75, 3.05) is 13.7 Å². The molecule has 1 aromatic carbocycles. The number of hydrogen-bond donors (Lipinski definition) is 1. The number of esters is 1. The van der Waals surface area contributed by atoms with Crippen LogP contribution < -0.4 is 10.1 Å². The van der Waals surface area contributed by atoms with Gasteiger partial charge in [0.25, 0.3) is 5.69 Å². The van der Waals surface area contributed by atoms with Crippen molar-refractivity contribution in [1.29, 1.82) is 0 Å². The van der Waals surface area contributed by atoms with Crippen molar-refractivity contribution in [2.24, 2.45) is 0 Å². The Morgan fingerprint density at radius 3 is 2.46 bits per heavy atom. The lowest BCUT2D eigenvalue weighted by molar-refractivity contribution is -0.384.